The van der Waals surface area contributed by atoms with Crippen LogP contribution in [0.5, 0.6) is 5.75 Å². The molecule has 0 fully saturated rings. The van der Waals surface area contributed by atoms with Gasteiger partial charge < -0.3 is 15.0 Å². The second-order valence-electron chi connectivity index (χ2n) is 6.47. The number of thioether (sulfide) groups is 1. The van der Waals surface area contributed by atoms with E-state index in [1.165, 1.54) is 11.8 Å². The highest BCUT2D eigenvalue weighted by atomic mass is 35.5. The van der Waals surface area contributed by atoms with Gasteiger partial charge in [-0.25, -0.2) is 0 Å². The number of benzene rings is 2. The topological polar surface area (TPSA) is 97.7 Å². The van der Waals surface area contributed by atoms with Gasteiger partial charge in [-0.3, -0.25) is 4.79 Å². The van der Waals surface area contributed by atoms with Crippen molar-refractivity contribution >= 4 is 40.2 Å². The number of nitrogens with zero attached hydrogens (tertiary/aromatic N) is 4. The fourth-order valence-corrected chi connectivity index (χ4v) is 3.96. The normalized spacial score (nSPS) is 11.0. The molecule has 30 heavy (non-hydrogen) atoms. The highest BCUT2D eigenvalue weighted by Crippen LogP contribution is 2.23. The molecule has 0 aliphatic heterocycles. The molecule has 2 aromatic carbocycles. The average molecular weight is 443 g/mol. The van der Waals surface area contributed by atoms with Crippen molar-refractivity contribution in [2.45, 2.75) is 11.6 Å². The molecule has 2 N–H and O–H groups in total. The minimum absolute atomic E-state index is 0.0813. The lowest BCUT2D eigenvalue weighted by Crippen LogP contribution is -2.27. The number of carbonyl (C=O) groups excluding carboxylic acids is 1. The standard InChI is InChI=1S/C20H19ClN6O2S/c1-29-16-5-6-17-13(11-23-18(17)10-16)7-8-22-19(28)12-30-20-24-25-26-27(20)15-4-2-3-14(21)9-15/h2-6,9-11,23H,7-8,12H2,1H3,(H,22,28). The molecule has 1 amide bonds. The Morgan fingerprint density at radius 1 is 1.30 bits per heavy atom. The zero-order valence-electron chi connectivity index (χ0n) is 16.1. The van der Waals surface area contributed by atoms with Crippen molar-refractivity contribution in [1.82, 2.24) is 30.5 Å². The van der Waals surface area contributed by atoms with Crippen molar-refractivity contribution < 1.29 is 9.53 Å². The maximum Gasteiger partial charge on any atom is 0.230 e. The van der Waals surface area contributed by atoms with Crippen LogP contribution in [0.25, 0.3) is 16.6 Å². The van der Waals surface area contributed by atoms with Crippen molar-refractivity contribution in [2.24, 2.45) is 0 Å². The van der Waals surface area contributed by atoms with E-state index in [4.69, 9.17) is 16.3 Å². The van der Waals surface area contributed by atoms with Crippen molar-refractivity contribution in [3.05, 3.63) is 59.2 Å². The Bertz CT molecular complexity index is 1180. The number of nitrogens with one attached hydrogen (secondary N) is 2. The maximum atomic E-state index is 12.3. The van der Waals surface area contributed by atoms with Gasteiger partial charge in [-0.05, 0) is 52.7 Å². The van der Waals surface area contributed by atoms with Crippen LogP contribution in [0, 0.1) is 0 Å². The Morgan fingerprint density at radius 2 is 2.20 bits per heavy atom. The van der Waals surface area contributed by atoms with Crippen LogP contribution in [0.15, 0.2) is 53.8 Å². The second-order valence-corrected chi connectivity index (χ2v) is 7.85. The molecule has 0 atom stereocenters. The smallest absolute Gasteiger partial charge is 0.230 e. The van der Waals surface area contributed by atoms with E-state index in [1.807, 2.05) is 36.5 Å². The Balaban J connectivity index is 1.30. The zero-order valence-corrected chi connectivity index (χ0v) is 17.7. The molecule has 4 aromatic rings. The lowest BCUT2D eigenvalue weighted by molar-refractivity contribution is -0.118. The number of halogens is 1. The molecule has 154 valence electrons. The Kier molecular flexibility index (Phi) is 6.20. The molecular weight excluding hydrogens is 424 g/mol. The van der Waals surface area contributed by atoms with Gasteiger partial charge >= 0.3 is 0 Å². The van der Waals surface area contributed by atoms with Crippen molar-refractivity contribution in [3.63, 3.8) is 0 Å². The Labute approximate surface area is 181 Å². The molecule has 0 aliphatic carbocycles. The van der Waals surface area contributed by atoms with Crippen LogP contribution in [0.4, 0.5) is 0 Å². The summed E-state index contributed by atoms with van der Waals surface area (Å²) >= 11 is 7.30. The van der Waals surface area contributed by atoms with Crippen LogP contribution < -0.4 is 10.1 Å². The largest absolute Gasteiger partial charge is 0.497 e. The monoisotopic (exact) mass is 442 g/mol. The van der Waals surface area contributed by atoms with Crippen molar-refractivity contribution in [2.75, 3.05) is 19.4 Å². The summed E-state index contributed by atoms with van der Waals surface area (Å²) in [5.41, 5.74) is 2.90. The van der Waals surface area contributed by atoms with Gasteiger partial charge in [0, 0.05) is 34.7 Å². The van der Waals surface area contributed by atoms with E-state index in [0.717, 1.165) is 34.3 Å². The maximum absolute atomic E-state index is 12.3. The molecule has 0 saturated heterocycles. The lowest BCUT2D eigenvalue weighted by Gasteiger charge is -2.06. The molecular formula is C20H19ClN6O2S. The third-order valence-electron chi connectivity index (χ3n) is 4.52. The molecule has 0 radical (unpaired) electrons. The SMILES string of the molecule is COc1ccc2c(CCNC(=O)CSc3nnnn3-c3cccc(Cl)c3)c[nH]c2c1. The third kappa shape index (κ3) is 4.58. The molecule has 2 heterocycles. The number of rotatable bonds is 8. The number of hydrogen-bond donors (Lipinski definition) is 2. The molecule has 4 rings (SSSR count). The molecule has 10 heteroatoms. The van der Waals surface area contributed by atoms with Gasteiger partial charge in [0.15, 0.2) is 0 Å². The quantitative estimate of drug-likeness (QED) is 0.406. The van der Waals surface area contributed by atoms with Crippen LogP contribution in [0.1, 0.15) is 5.56 Å². The van der Waals surface area contributed by atoms with E-state index >= 15 is 0 Å². The van der Waals surface area contributed by atoms with Gasteiger partial charge in [-0.1, -0.05) is 29.4 Å². The molecule has 0 aliphatic rings. The van der Waals surface area contributed by atoms with Crippen LogP contribution in [-0.4, -0.2) is 50.5 Å². The Morgan fingerprint density at radius 3 is 3.03 bits per heavy atom. The summed E-state index contributed by atoms with van der Waals surface area (Å²) < 4.78 is 6.80. The van der Waals surface area contributed by atoms with Crippen molar-refractivity contribution in [3.8, 4) is 11.4 Å². The number of H-pyrrole nitrogens is 1. The molecule has 0 saturated carbocycles. The highest BCUT2D eigenvalue weighted by molar-refractivity contribution is 7.99. The van der Waals surface area contributed by atoms with E-state index in [9.17, 15) is 4.79 Å². The fourth-order valence-electron chi connectivity index (χ4n) is 3.06. The molecule has 0 spiro atoms. The highest BCUT2D eigenvalue weighted by Gasteiger charge is 2.12. The second kappa shape index (κ2) is 9.19. The molecule has 2 aromatic heterocycles. The van der Waals surface area contributed by atoms with Gasteiger partial charge in [0.1, 0.15) is 5.75 Å². The van der Waals surface area contributed by atoms with Gasteiger partial charge in [-0.15, -0.1) is 5.10 Å². The van der Waals surface area contributed by atoms with Gasteiger partial charge in [0.05, 0.1) is 18.6 Å². The average Bonchev–Trinajstić information content (AvgIpc) is 3.39. The number of aromatic amines is 1. The fraction of sp³-hybridized carbons (Fsp3) is 0.200. The van der Waals surface area contributed by atoms with Crippen LogP contribution in [-0.2, 0) is 11.2 Å². The molecule has 0 unspecified atom stereocenters. The summed E-state index contributed by atoms with van der Waals surface area (Å²) in [6.07, 6.45) is 2.69. The van der Waals surface area contributed by atoms with Gasteiger partial charge in [0.2, 0.25) is 11.1 Å². The number of tetrazole rings is 1. The first-order valence-corrected chi connectivity index (χ1v) is 10.6. The van der Waals surface area contributed by atoms with Crippen molar-refractivity contribution in [1.29, 1.82) is 0 Å². The number of amides is 1. The van der Waals surface area contributed by atoms with Gasteiger partial charge in [-0.2, -0.15) is 4.68 Å². The van der Waals surface area contributed by atoms with E-state index in [1.54, 1.807) is 23.9 Å². The van der Waals surface area contributed by atoms with Crippen LogP contribution in [0.2, 0.25) is 5.02 Å². The Hall–Kier alpha value is -3.04. The summed E-state index contributed by atoms with van der Waals surface area (Å²) in [4.78, 5) is 15.5. The van der Waals surface area contributed by atoms with E-state index in [-0.39, 0.29) is 11.7 Å². The minimum Gasteiger partial charge on any atom is -0.497 e. The van der Waals surface area contributed by atoms with E-state index in [2.05, 4.69) is 25.8 Å². The summed E-state index contributed by atoms with van der Waals surface area (Å²) in [6, 6.07) is 13.1. The van der Waals surface area contributed by atoms with E-state index < -0.39 is 0 Å². The summed E-state index contributed by atoms with van der Waals surface area (Å²) in [7, 11) is 1.64. The van der Waals surface area contributed by atoms with Gasteiger partial charge in [0.25, 0.3) is 0 Å². The molecule has 0 bridgehead atoms. The minimum atomic E-state index is -0.0813. The first kappa shape index (κ1) is 20.2. The van der Waals surface area contributed by atoms with Crippen LogP contribution >= 0.6 is 23.4 Å². The third-order valence-corrected chi connectivity index (χ3v) is 5.67. The summed E-state index contributed by atoms with van der Waals surface area (Å²) in [5.74, 6) is 0.940. The summed E-state index contributed by atoms with van der Waals surface area (Å²) in [6.45, 7) is 0.539. The number of methoxy groups -OCH3 is 1. The first-order valence-electron chi connectivity index (χ1n) is 9.22. The van der Waals surface area contributed by atoms with E-state index in [0.29, 0.717) is 16.7 Å². The lowest BCUT2D eigenvalue weighted by atomic mass is 10.1. The predicted molar refractivity (Wildman–Crippen MR) is 116 cm³/mol. The first-order chi connectivity index (χ1) is 14.6. The number of fused-ring (bicyclic) bond motifs is 1. The number of carbonyl (C=O) groups is 1. The number of ether oxygens (including phenoxy) is 1. The summed E-state index contributed by atoms with van der Waals surface area (Å²) in [5, 5.41) is 16.8. The van der Waals surface area contributed by atoms with Crippen LogP contribution in [0.3, 0.4) is 0 Å². The number of hydrogen-bond acceptors (Lipinski definition) is 6. The predicted octanol–water partition coefficient (Wildman–Crippen LogP) is 3.26. The zero-order chi connectivity index (χ0) is 20.9. The number of aromatic nitrogens is 5. The molecule has 8 nitrogen and oxygen atoms in total.